The first-order valence-corrected chi connectivity index (χ1v) is 6.15. The zero-order valence-electron chi connectivity index (χ0n) is 10.6. The highest BCUT2D eigenvalue weighted by Crippen LogP contribution is 2.07. The molecule has 0 radical (unpaired) electrons. The highest BCUT2D eigenvalue weighted by molar-refractivity contribution is 5.21. The van der Waals surface area contributed by atoms with Gasteiger partial charge >= 0.3 is 0 Å². The van der Waals surface area contributed by atoms with Crippen LogP contribution in [0.1, 0.15) is 29.8 Å². The van der Waals surface area contributed by atoms with Gasteiger partial charge in [0, 0.05) is 6.54 Å². The van der Waals surface area contributed by atoms with Gasteiger partial charge in [0.25, 0.3) is 0 Å². The maximum atomic E-state index is 4.27. The fraction of sp³-hybridized carbons (Fsp3) is 0.429. The van der Waals surface area contributed by atoms with Crippen molar-refractivity contribution >= 4 is 0 Å². The van der Waals surface area contributed by atoms with Crippen LogP contribution >= 0.6 is 0 Å². The molecule has 0 amide bonds. The number of hydrogen-bond donors (Lipinski definition) is 0. The Morgan fingerprint density at radius 3 is 2.47 bits per heavy atom. The molecular formula is C14H19N3. The van der Waals surface area contributed by atoms with Gasteiger partial charge in [-0.25, -0.2) is 4.98 Å². The van der Waals surface area contributed by atoms with Crippen LogP contribution in [0.5, 0.6) is 0 Å². The lowest BCUT2D eigenvalue weighted by Crippen LogP contribution is -1.99. The molecule has 0 saturated heterocycles. The molecule has 0 bridgehead atoms. The van der Waals surface area contributed by atoms with E-state index in [0.29, 0.717) is 0 Å². The molecule has 2 rings (SSSR count). The van der Waals surface area contributed by atoms with Gasteiger partial charge in [0.15, 0.2) is 0 Å². The second-order valence-electron chi connectivity index (χ2n) is 4.50. The lowest BCUT2D eigenvalue weighted by molar-refractivity contribution is 0.554. The normalized spacial score (nSPS) is 10.7. The number of unbranched alkanes of at least 4 members (excludes halogenated alkanes) is 1. The van der Waals surface area contributed by atoms with Crippen molar-refractivity contribution in [3.05, 3.63) is 47.5 Å². The van der Waals surface area contributed by atoms with Crippen LogP contribution in [0.2, 0.25) is 0 Å². The summed E-state index contributed by atoms with van der Waals surface area (Å²) in [6, 6.07) is 8.79. The maximum absolute atomic E-state index is 4.27. The van der Waals surface area contributed by atoms with Crippen molar-refractivity contribution in [2.45, 2.75) is 39.7 Å². The molecule has 0 aliphatic heterocycles. The van der Waals surface area contributed by atoms with Gasteiger partial charge < -0.3 is 0 Å². The van der Waals surface area contributed by atoms with E-state index >= 15 is 0 Å². The molecule has 3 heteroatoms. The predicted octanol–water partition coefficient (Wildman–Crippen LogP) is 2.92. The first-order valence-electron chi connectivity index (χ1n) is 6.15. The summed E-state index contributed by atoms with van der Waals surface area (Å²) in [7, 11) is 0. The summed E-state index contributed by atoms with van der Waals surface area (Å²) < 4.78 is 1.92. The van der Waals surface area contributed by atoms with Gasteiger partial charge in [0.05, 0.1) is 0 Å². The summed E-state index contributed by atoms with van der Waals surface area (Å²) in [5, 5.41) is 4.27. The van der Waals surface area contributed by atoms with Crippen molar-refractivity contribution in [1.29, 1.82) is 0 Å². The monoisotopic (exact) mass is 229 g/mol. The zero-order chi connectivity index (χ0) is 12.1. The fourth-order valence-corrected chi connectivity index (χ4v) is 1.85. The van der Waals surface area contributed by atoms with Crippen LogP contribution in [0.25, 0.3) is 0 Å². The van der Waals surface area contributed by atoms with E-state index in [0.717, 1.165) is 25.2 Å². The molecule has 1 aromatic carbocycles. The Kier molecular flexibility index (Phi) is 3.91. The summed E-state index contributed by atoms with van der Waals surface area (Å²) in [4.78, 5) is 4.12. The van der Waals surface area contributed by atoms with Crippen molar-refractivity contribution in [2.24, 2.45) is 0 Å². The van der Waals surface area contributed by atoms with E-state index in [1.165, 1.54) is 17.5 Å². The van der Waals surface area contributed by atoms with Crippen LogP contribution in [0, 0.1) is 13.8 Å². The van der Waals surface area contributed by atoms with Gasteiger partial charge in [-0.1, -0.05) is 29.8 Å². The van der Waals surface area contributed by atoms with Crippen LogP contribution in [-0.2, 0) is 13.0 Å². The summed E-state index contributed by atoms with van der Waals surface area (Å²) >= 11 is 0. The van der Waals surface area contributed by atoms with Gasteiger partial charge in [0.2, 0.25) is 0 Å². The van der Waals surface area contributed by atoms with Crippen molar-refractivity contribution in [3.8, 4) is 0 Å². The molecule has 0 saturated carbocycles. The van der Waals surface area contributed by atoms with Crippen molar-refractivity contribution in [2.75, 3.05) is 0 Å². The molecule has 90 valence electrons. The Hall–Kier alpha value is -1.64. The van der Waals surface area contributed by atoms with E-state index in [1.807, 2.05) is 11.6 Å². The average molecular weight is 229 g/mol. The summed E-state index contributed by atoms with van der Waals surface area (Å²) in [5.74, 6) is 0.850. The third kappa shape index (κ3) is 3.70. The Morgan fingerprint density at radius 2 is 1.82 bits per heavy atom. The highest BCUT2D eigenvalue weighted by Gasteiger charge is 1.96. The van der Waals surface area contributed by atoms with Crippen LogP contribution in [0.15, 0.2) is 30.6 Å². The molecule has 0 spiro atoms. The summed E-state index contributed by atoms with van der Waals surface area (Å²) in [6.45, 7) is 5.01. The second-order valence-corrected chi connectivity index (χ2v) is 4.50. The van der Waals surface area contributed by atoms with Crippen molar-refractivity contribution in [3.63, 3.8) is 0 Å². The third-order valence-corrected chi connectivity index (χ3v) is 2.87. The number of nitrogens with zero attached hydrogens (tertiary/aromatic N) is 3. The Labute approximate surface area is 103 Å². The molecule has 0 aliphatic rings. The van der Waals surface area contributed by atoms with Gasteiger partial charge in [0.1, 0.15) is 12.2 Å². The standard InChI is InChI=1S/C14H19N3/c1-12-6-8-14(9-7-12)5-3-4-10-17-11-15-13(2)16-17/h6-9,11H,3-5,10H2,1-2H3. The quantitative estimate of drug-likeness (QED) is 0.738. The number of aromatic nitrogens is 3. The number of aryl methyl sites for hydroxylation is 4. The largest absolute Gasteiger partial charge is 0.253 e. The molecule has 1 heterocycles. The number of benzene rings is 1. The minimum Gasteiger partial charge on any atom is -0.253 e. The van der Waals surface area contributed by atoms with Crippen LogP contribution < -0.4 is 0 Å². The van der Waals surface area contributed by atoms with Gasteiger partial charge in [-0.2, -0.15) is 5.10 Å². The molecular weight excluding hydrogens is 210 g/mol. The van der Waals surface area contributed by atoms with Crippen molar-refractivity contribution < 1.29 is 0 Å². The molecule has 0 N–H and O–H groups in total. The zero-order valence-corrected chi connectivity index (χ0v) is 10.6. The molecule has 3 nitrogen and oxygen atoms in total. The van der Waals surface area contributed by atoms with Gasteiger partial charge in [-0.3, -0.25) is 4.68 Å². The van der Waals surface area contributed by atoms with Crippen LogP contribution in [-0.4, -0.2) is 14.8 Å². The number of hydrogen-bond acceptors (Lipinski definition) is 2. The topological polar surface area (TPSA) is 30.7 Å². The first kappa shape index (κ1) is 11.8. The fourth-order valence-electron chi connectivity index (χ4n) is 1.85. The van der Waals surface area contributed by atoms with E-state index in [2.05, 4.69) is 41.3 Å². The molecule has 1 aromatic heterocycles. The summed E-state index contributed by atoms with van der Waals surface area (Å²) in [6.07, 6.45) is 5.30. The van der Waals surface area contributed by atoms with E-state index in [1.54, 1.807) is 6.33 Å². The summed E-state index contributed by atoms with van der Waals surface area (Å²) in [5.41, 5.74) is 2.75. The molecule has 0 aliphatic carbocycles. The van der Waals surface area contributed by atoms with Gasteiger partial charge in [-0.05, 0) is 38.7 Å². The Bertz CT molecular complexity index is 457. The SMILES string of the molecule is Cc1ccc(CCCCn2cnc(C)n2)cc1. The lowest BCUT2D eigenvalue weighted by atomic mass is 10.1. The minimum atomic E-state index is 0.850. The maximum Gasteiger partial charge on any atom is 0.147 e. The predicted molar refractivity (Wildman–Crippen MR) is 68.9 cm³/mol. The van der Waals surface area contributed by atoms with E-state index < -0.39 is 0 Å². The molecule has 0 fully saturated rings. The van der Waals surface area contributed by atoms with E-state index in [4.69, 9.17) is 0 Å². The van der Waals surface area contributed by atoms with E-state index in [9.17, 15) is 0 Å². The first-order chi connectivity index (χ1) is 8.24. The smallest absolute Gasteiger partial charge is 0.147 e. The van der Waals surface area contributed by atoms with Crippen LogP contribution in [0.3, 0.4) is 0 Å². The van der Waals surface area contributed by atoms with E-state index in [-0.39, 0.29) is 0 Å². The molecule has 17 heavy (non-hydrogen) atoms. The van der Waals surface area contributed by atoms with Gasteiger partial charge in [-0.15, -0.1) is 0 Å². The van der Waals surface area contributed by atoms with Crippen molar-refractivity contribution in [1.82, 2.24) is 14.8 Å². The second kappa shape index (κ2) is 5.62. The third-order valence-electron chi connectivity index (χ3n) is 2.87. The molecule has 2 aromatic rings. The lowest BCUT2D eigenvalue weighted by Gasteiger charge is -2.02. The average Bonchev–Trinajstić information content (AvgIpc) is 2.73. The molecule has 0 unspecified atom stereocenters. The van der Waals surface area contributed by atoms with Crippen LogP contribution in [0.4, 0.5) is 0 Å². The Balaban J connectivity index is 1.71. The molecule has 0 atom stereocenters. The minimum absolute atomic E-state index is 0.850. The Morgan fingerprint density at radius 1 is 1.06 bits per heavy atom. The highest BCUT2D eigenvalue weighted by atomic mass is 15.3. The number of rotatable bonds is 5.